The summed E-state index contributed by atoms with van der Waals surface area (Å²) in [5.74, 6) is -0.256. The van der Waals surface area contributed by atoms with Gasteiger partial charge in [0.25, 0.3) is 5.69 Å². The van der Waals surface area contributed by atoms with E-state index in [4.69, 9.17) is 4.74 Å². The molecule has 0 fully saturated rings. The Morgan fingerprint density at radius 3 is 2.43 bits per heavy atom. The Kier molecular flexibility index (Phi) is 3.47. The molecular weight excluding hydrogens is 206 g/mol. The lowest BCUT2D eigenvalue weighted by atomic mass is 10.3. The summed E-state index contributed by atoms with van der Waals surface area (Å²) >= 11 is 3.72. The molecule has 6 heteroatoms. The van der Waals surface area contributed by atoms with Gasteiger partial charge in [-0.3, -0.25) is 14.9 Å². The Labute approximate surface area is 85.2 Å². The maximum atomic E-state index is 10.8. The topological polar surface area (TPSA) is 69.4 Å². The van der Waals surface area contributed by atoms with Crippen LogP contribution in [0.15, 0.2) is 24.3 Å². The van der Waals surface area contributed by atoms with Gasteiger partial charge in [0, 0.05) is 12.1 Å². The van der Waals surface area contributed by atoms with Gasteiger partial charge in [-0.05, 0) is 12.1 Å². The van der Waals surface area contributed by atoms with Gasteiger partial charge in [-0.1, -0.05) is 0 Å². The van der Waals surface area contributed by atoms with E-state index in [2.05, 4.69) is 12.6 Å². The fourth-order valence-corrected chi connectivity index (χ4v) is 0.864. The van der Waals surface area contributed by atoms with E-state index < -0.39 is 10.9 Å². The highest BCUT2D eigenvalue weighted by Gasteiger charge is 2.06. The largest absolute Gasteiger partial charge is 0.426 e. The van der Waals surface area contributed by atoms with E-state index in [-0.39, 0.29) is 17.2 Å². The zero-order chi connectivity index (χ0) is 10.6. The van der Waals surface area contributed by atoms with Gasteiger partial charge in [-0.25, -0.2) is 0 Å². The van der Waals surface area contributed by atoms with Crippen LogP contribution in [0, 0.1) is 10.1 Å². The summed E-state index contributed by atoms with van der Waals surface area (Å²) in [5, 5.41) is 10.3. The normalized spacial score (nSPS) is 9.50. The van der Waals surface area contributed by atoms with Gasteiger partial charge in [0.1, 0.15) is 5.75 Å². The minimum absolute atomic E-state index is 0.0308. The van der Waals surface area contributed by atoms with Crippen molar-refractivity contribution in [3.05, 3.63) is 34.4 Å². The molecule has 0 aromatic heterocycles. The fourth-order valence-electron chi connectivity index (χ4n) is 0.800. The average Bonchev–Trinajstić information content (AvgIpc) is 2.18. The molecule has 0 amide bonds. The summed E-state index contributed by atoms with van der Waals surface area (Å²) in [7, 11) is 0. The third-order valence-electron chi connectivity index (χ3n) is 1.41. The molecule has 0 saturated heterocycles. The van der Waals surface area contributed by atoms with Crippen LogP contribution >= 0.6 is 12.6 Å². The van der Waals surface area contributed by atoms with Crippen LogP contribution in [0.2, 0.25) is 0 Å². The first-order valence-electron chi connectivity index (χ1n) is 3.69. The van der Waals surface area contributed by atoms with Gasteiger partial charge in [0.15, 0.2) is 0 Å². The number of carbonyl (C=O) groups is 1. The van der Waals surface area contributed by atoms with Gasteiger partial charge < -0.3 is 4.74 Å². The molecule has 0 N–H and O–H groups in total. The third-order valence-corrected chi connectivity index (χ3v) is 1.67. The van der Waals surface area contributed by atoms with Crippen molar-refractivity contribution in [3.63, 3.8) is 0 Å². The Morgan fingerprint density at radius 2 is 2.00 bits per heavy atom. The van der Waals surface area contributed by atoms with E-state index in [1.54, 1.807) is 0 Å². The van der Waals surface area contributed by atoms with E-state index in [1.807, 2.05) is 0 Å². The van der Waals surface area contributed by atoms with Crippen molar-refractivity contribution in [3.8, 4) is 5.75 Å². The zero-order valence-corrected chi connectivity index (χ0v) is 7.94. The second kappa shape index (κ2) is 4.61. The molecule has 0 aliphatic heterocycles. The maximum Gasteiger partial charge on any atom is 0.321 e. The number of hydrogen-bond acceptors (Lipinski definition) is 5. The average molecular weight is 213 g/mol. The van der Waals surface area contributed by atoms with E-state index in [0.717, 1.165) is 0 Å². The van der Waals surface area contributed by atoms with Crippen molar-refractivity contribution >= 4 is 24.3 Å². The number of thiol groups is 1. The number of benzene rings is 1. The molecule has 1 aromatic rings. The van der Waals surface area contributed by atoms with Gasteiger partial charge in [-0.2, -0.15) is 12.6 Å². The second-order valence-corrected chi connectivity index (χ2v) is 2.70. The Hall–Kier alpha value is -1.56. The van der Waals surface area contributed by atoms with Crippen molar-refractivity contribution < 1.29 is 14.5 Å². The molecular formula is C8H7NO4S. The number of nitro benzene ring substituents is 1. The highest BCUT2D eigenvalue weighted by Crippen LogP contribution is 2.17. The summed E-state index contributed by atoms with van der Waals surface area (Å²) in [5.41, 5.74) is -0.0457. The quantitative estimate of drug-likeness (QED) is 0.271. The van der Waals surface area contributed by atoms with Crippen molar-refractivity contribution in [2.24, 2.45) is 0 Å². The minimum atomic E-state index is -0.524. The predicted molar refractivity (Wildman–Crippen MR) is 52.6 cm³/mol. The summed E-state index contributed by atoms with van der Waals surface area (Å²) in [6.07, 6.45) is 0. The first-order valence-corrected chi connectivity index (χ1v) is 4.32. The molecule has 5 nitrogen and oxygen atoms in total. The number of hydrogen-bond donors (Lipinski definition) is 1. The molecule has 0 aliphatic carbocycles. The van der Waals surface area contributed by atoms with Crippen LogP contribution in [0.1, 0.15) is 0 Å². The van der Waals surface area contributed by atoms with Crippen molar-refractivity contribution in [1.29, 1.82) is 0 Å². The van der Waals surface area contributed by atoms with E-state index in [1.165, 1.54) is 24.3 Å². The molecule has 14 heavy (non-hydrogen) atoms. The van der Waals surface area contributed by atoms with Gasteiger partial charge >= 0.3 is 5.97 Å². The summed E-state index contributed by atoms with van der Waals surface area (Å²) in [4.78, 5) is 20.5. The van der Waals surface area contributed by atoms with Crippen LogP contribution in [0.5, 0.6) is 5.75 Å². The predicted octanol–water partition coefficient (Wildman–Crippen LogP) is 1.43. The highest BCUT2D eigenvalue weighted by atomic mass is 32.1. The number of rotatable bonds is 3. The van der Waals surface area contributed by atoms with Gasteiger partial charge in [-0.15, -0.1) is 0 Å². The molecule has 0 unspecified atom stereocenters. The highest BCUT2D eigenvalue weighted by molar-refractivity contribution is 7.81. The fraction of sp³-hybridized carbons (Fsp3) is 0.125. The molecule has 74 valence electrons. The number of non-ortho nitro benzene ring substituents is 1. The maximum absolute atomic E-state index is 10.8. The first kappa shape index (κ1) is 10.5. The number of esters is 1. The SMILES string of the molecule is O=C(CS)Oc1ccc([N+](=O)[O-])cc1. The van der Waals surface area contributed by atoms with Crippen molar-refractivity contribution in [1.82, 2.24) is 0 Å². The standard InChI is InChI=1S/C8H7NO4S/c10-8(5-14)13-7-3-1-6(2-4-7)9(11)12/h1-4,14H,5H2. The van der Waals surface area contributed by atoms with Crippen molar-refractivity contribution in [2.45, 2.75) is 0 Å². The Balaban J connectivity index is 2.73. The number of nitrogens with zero attached hydrogens (tertiary/aromatic N) is 1. The summed E-state index contributed by atoms with van der Waals surface area (Å²) in [6, 6.07) is 5.25. The van der Waals surface area contributed by atoms with Crippen LogP contribution in [0.3, 0.4) is 0 Å². The molecule has 0 bridgehead atoms. The lowest BCUT2D eigenvalue weighted by molar-refractivity contribution is -0.384. The number of ether oxygens (including phenoxy) is 1. The van der Waals surface area contributed by atoms with E-state index >= 15 is 0 Å². The van der Waals surface area contributed by atoms with E-state index in [9.17, 15) is 14.9 Å². The smallest absolute Gasteiger partial charge is 0.321 e. The number of nitro groups is 1. The molecule has 1 rings (SSSR count). The molecule has 0 saturated carbocycles. The Morgan fingerprint density at radius 1 is 1.43 bits per heavy atom. The molecule has 1 aromatic carbocycles. The first-order chi connectivity index (χ1) is 6.63. The Bertz CT molecular complexity index is 349. The van der Waals surface area contributed by atoms with Crippen LogP contribution in [0.25, 0.3) is 0 Å². The van der Waals surface area contributed by atoms with Gasteiger partial charge in [0.05, 0.1) is 10.7 Å². The molecule has 0 heterocycles. The van der Waals surface area contributed by atoms with E-state index in [0.29, 0.717) is 0 Å². The van der Waals surface area contributed by atoms with Crippen molar-refractivity contribution in [2.75, 3.05) is 5.75 Å². The molecule has 0 spiro atoms. The van der Waals surface area contributed by atoms with Crippen LogP contribution in [0.4, 0.5) is 5.69 Å². The molecule has 0 radical (unpaired) electrons. The summed E-state index contributed by atoms with van der Waals surface area (Å²) < 4.78 is 4.76. The summed E-state index contributed by atoms with van der Waals surface area (Å²) in [6.45, 7) is 0. The molecule has 0 aliphatic rings. The zero-order valence-electron chi connectivity index (χ0n) is 7.04. The second-order valence-electron chi connectivity index (χ2n) is 2.38. The molecule has 0 atom stereocenters. The van der Waals surface area contributed by atoms with Crippen LogP contribution in [-0.2, 0) is 4.79 Å². The lowest BCUT2D eigenvalue weighted by Gasteiger charge is -2.00. The van der Waals surface area contributed by atoms with Crippen LogP contribution < -0.4 is 4.74 Å². The third kappa shape index (κ3) is 2.74. The minimum Gasteiger partial charge on any atom is -0.426 e. The van der Waals surface area contributed by atoms with Gasteiger partial charge in [0.2, 0.25) is 0 Å². The van der Waals surface area contributed by atoms with Crippen LogP contribution in [-0.4, -0.2) is 16.6 Å². The monoisotopic (exact) mass is 213 g/mol. The lowest BCUT2D eigenvalue weighted by Crippen LogP contribution is -2.08. The number of carbonyl (C=O) groups excluding carboxylic acids is 1.